The van der Waals surface area contributed by atoms with Crippen LogP contribution in [0.25, 0.3) is 0 Å². The van der Waals surface area contributed by atoms with Crippen LogP contribution in [0.4, 0.5) is 0 Å². The van der Waals surface area contributed by atoms with Crippen LogP contribution in [-0.2, 0) is 42.7 Å². The van der Waals surface area contributed by atoms with Crippen LogP contribution in [0.3, 0.4) is 0 Å². The van der Waals surface area contributed by atoms with E-state index in [4.69, 9.17) is 37.9 Å². The third-order valence-electron chi connectivity index (χ3n) is 9.52. The molecule has 4 aliphatic heterocycles. The summed E-state index contributed by atoms with van der Waals surface area (Å²) in [7, 11) is 3.35. The molecule has 17 unspecified atom stereocenters. The maximum absolute atomic E-state index is 12.2. The van der Waals surface area contributed by atoms with Gasteiger partial charge in [-0.15, -0.1) is 0 Å². The molecule has 1 aliphatic carbocycles. The second-order valence-corrected chi connectivity index (χ2v) is 11.9. The van der Waals surface area contributed by atoms with Gasteiger partial charge >= 0.3 is 5.97 Å². The van der Waals surface area contributed by atoms with Crippen molar-refractivity contribution < 1.29 is 73.5 Å². The fourth-order valence-electron chi connectivity index (χ4n) is 7.43. The molecule has 15 nitrogen and oxygen atoms in total. The first-order valence-electron chi connectivity index (χ1n) is 14.7. The largest absolute Gasteiger partial charge is 0.454 e. The summed E-state index contributed by atoms with van der Waals surface area (Å²) < 4.78 is 47.4. The molecule has 5 rings (SSSR count). The Labute approximate surface area is 244 Å². The number of esters is 1. The summed E-state index contributed by atoms with van der Waals surface area (Å²) in [6, 6.07) is -0.0296. The Morgan fingerprint density at radius 2 is 1.57 bits per heavy atom. The fraction of sp³-hybridized carbons (Fsp3) is 0.963. The van der Waals surface area contributed by atoms with Crippen LogP contribution in [0, 0.1) is 11.8 Å². The lowest BCUT2D eigenvalue weighted by Gasteiger charge is -2.50. The number of hydrogen-bond acceptors (Lipinski definition) is 14. The van der Waals surface area contributed by atoms with Crippen molar-refractivity contribution in [3.05, 3.63) is 0 Å². The Morgan fingerprint density at radius 3 is 2.24 bits per heavy atom. The molecule has 0 spiro atoms. The van der Waals surface area contributed by atoms with Gasteiger partial charge in [-0.1, -0.05) is 0 Å². The van der Waals surface area contributed by atoms with Crippen LogP contribution in [-0.4, -0.2) is 151 Å². The molecule has 4 saturated heterocycles. The number of aliphatic hydroxyl groups is 5. The van der Waals surface area contributed by atoms with Crippen molar-refractivity contribution >= 4 is 5.97 Å². The fourth-order valence-corrected chi connectivity index (χ4v) is 7.43. The molecular formula is C27H46NO14+. The van der Waals surface area contributed by atoms with E-state index in [0.717, 1.165) is 12.8 Å². The summed E-state index contributed by atoms with van der Waals surface area (Å²) in [5, 5.41) is 53.7. The number of ether oxygens (including phenoxy) is 8. The molecule has 0 radical (unpaired) electrons. The van der Waals surface area contributed by atoms with Crippen LogP contribution in [0.1, 0.15) is 33.1 Å². The van der Waals surface area contributed by atoms with Gasteiger partial charge in [0.25, 0.3) is 0 Å². The lowest BCUT2D eigenvalue weighted by molar-refractivity contribution is -0.783. The van der Waals surface area contributed by atoms with Gasteiger partial charge in [0.1, 0.15) is 48.8 Å². The molecule has 0 aromatic rings. The third kappa shape index (κ3) is 6.09. The van der Waals surface area contributed by atoms with E-state index in [-0.39, 0.29) is 30.4 Å². The van der Waals surface area contributed by atoms with Crippen molar-refractivity contribution in [2.45, 2.75) is 125 Å². The van der Waals surface area contributed by atoms with E-state index in [0.29, 0.717) is 18.9 Å². The molecule has 0 aromatic carbocycles. The lowest BCUT2D eigenvalue weighted by atomic mass is 9.70. The highest BCUT2D eigenvalue weighted by atomic mass is 16.8. The molecule has 242 valence electrons. The van der Waals surface area contributed by atoms with Crippen LogP contribution in [0.15, 0.2) is 0 Å². The molecule has 4 heterocycles. The summed E-state index contributed by atoms with van der Waals surface area (Å²) in [5.41, 5.74) is 0. The summed E-state index contributed by atoms with van der Waals surface area (Å²) >= 11 is 0. The summed E-state index contributed by atoms with van der Waals surface area (Å²) in [6.07, 6.45) is -12.4. The van der Waals surface area contributed by atoms with E-state index >= 15 is 0 Å². The second-order valence-electron chi connectivity index (χ2n) is 11.9. The van der Waals surface area contributed by atoms with Crippen molar-refractivity contribution in [2.75, 3.05) is 27.4 Å². The Morgan fingerprint density at radius 1 is 0.833 bits per heavy atom. The van der Waals surface area contributed by atoms with Gasteiger partial charge < -0.3 is 68.7 Å². The molecule has 0 amide bonds. The summed E-state index contributed by atoms with van der Waals surface area (Å²) in [6.45, 7) is 2.80. The zero-order chi connectivity index (χ0) is 30.3. The molecule has 15 heteroatoms. The maximum Gasteiger partial charge on any atom is 0.303 e. The quantitative estimate of drug-likeness (QED) is 0.147. The Bertz CT molecular complexity index is 912. The highest BCUT2D eigenvalue weighted by Crippen LogP contribution is 2.40. The average Bonchev–Trinajstić information content (AvgIpc) is 3.44. The van der Waals surface area contributed by atoms with E-state index in [1.54, 1.807) is 21.1 Å². The number of fused-ring (bicyclic) bond motifs is 2. The first kappa shape index (κ1) is 32.3. The van der Waals surface area contributed by atoms with Crippen molar-refractivity contribution in [3.63, 3.8) is 0 Å². The smallest absolute Gasteiger partial charge is 0.303 e. The number of methoxy groups -OCH3 is 2. The normalized spacial score (nSPS) is 51.0. The summed E-state index contributed by atoms with van der Waals surface area (Å²) in [4.78, 5) is 12.2. The van der Waals surface area contributed by atoms with E-state index in [9.17, 15) is 30.3 Å². The van der Waals surface area contributed by atoms with Crippen LogP contribution < -0.4 is 5.32 Å². The second kappa shape index (κ2) is 13.5. The number of rotatable bonds is 8. The van der Waals surface area contributed by atoms with Crippen molar-refractivity contribution in [3.8, 4) is 0 Å². The zero-order valence-corrected chi connectivity index (χ0v) is 24.3. The van der Waals surface area contributed by atoms with Gasteiger partial charge in [-0.05, 0) is 26.2 Å². The molecule has 5 aliphatic rings. The van der Waals surface area contributed by atoms with Gasteiger partial charge in [-0.25, -0.2) is 0 Å². The zero-order valence-electron chi connectivity index (χ0n) is 24.3. The number of quaternary nitrogens is 1. The minimum atomic E-state index is -1.73. The predicted molar refractivity (Wildman–Crippen MR) is 137 cm³/mol. The van der Waals surface area contributed by atoms with E-state index in [1.165, 1.54) is 6.92 Å². The number of piperidine rings is 1. The van der Waals surface area contributed by atoms with Gasteiger partial charge in [-0.2, -0.15) is 0 Å². The topological polar surface area (TPSA) is 209 Å². The SMILES string of the molecule is COC1C2CCOC2[NH2+]C2C1CCC(OC1OC(C)C(O)C(OC3OC(CO)C(O)C(O)C3O)C1OC(C)=O)C2OC. The summed E-state index contributed by atoms with van der Waals surface area (Å²) in [5.74, 6) is -0.187. The van der Waals surface area contributed by atoms with Crippen molar-refractivity contribution in [1.29, 1.82) is 0 Å². The van der Waals surface area contributed by atoms with Gasteiger partial charge in [-0.3, -0.25) is 4.79 Å². The van der Waals surface area contributed by atoms with Crippen LogP contribution in [0.2, 0.25) is 0 Å². The molecule has 1 saturated carbocycles. The Hall–Kier alpha value is -1.05. The van der Waals surface area contributed by atoms with Crippen LogP contribution >= 0.6 is 0 Å². The number of aliphatic hydroxyl groups excluding tert-OH is 5. The van der Waals surface area contributed by atoms with Crippen molar-refractivity contribution in [1.82, 2.24) is 0 Å². The molecule has 0 bridgehead atoms. The molecule has 17 atom stereocenters. The minimum absolute atomic E-state index is 0.0253. The van der Waals surface area contributed by atoms with Crippen LogP contribution in [0.5, 0.6) is 0 Å². The number of carbonyl (C=O) groups excluding carboxylic acids is 1. The number of carbonyl (C=O) groups is 1. The maximum atomic E-state index is 12.2. The van der Waals surface area contributed by atoms with E-state index in [2.05, 4.69) is 5.32 Å². The lowest BCUT2D eigenvalue weighted by Crippen LogP contribution is -3.03. The van der Waals surface area contributed by atoms with E-state index < -0.39 is 80.1 Å². The Balaban J connectivity index is 1.35. The first-order chi connectivity index (χ1) is 20.1. The highest BCUT2D eigenvalue weighted by molar-refractivity contribution is 5.66. The van der Waals surface area contributed by atoms with Gasteiger partial charge in [0.15, 0.2) is 24.9 Å². The third-order valence-corrected chi connectivity index (χ3v) is 9.52. The first-order valence-corrected chi connectivity index (χ1v) is 14.7. The monoisotopic (exact) mass is 608 g/mol. The molecule has 5 fully saturated rings. The van der Waals surface area contributed by atoms with Gasteiger partial charge in [0, 0.05) is 27.1 Å². The average molecular weight is 609 g/mol. The van der Waals surface area contributed by atoms with Gasteiger partial charge in [0.05, 0.1) is 37.4 Å². The molecule has 0 aromatic heterocycles. The Kier molecular flexibility index (Phi) is 10.4. The van der Waals surface area contributed by atoms with Gasteiger partial charge in [0.2, 0.25) is 0 Å². The minimum Gasteiger partial charge on any atom is -0.454 e. The predicted octanol–water partition coefficient (Wildman–Crippen LogP) is -3.66. The number of hydrogen-bond donors (Lipinski definition) is 6. The van der Waals surface area contributed by atoms with Crippen molar-refractivity contribution in [2.24, 2.45) is 11.8 Å². The molecule has 7 N–H and O–H groups in total. The standard InChI is InChI=1S/C27H45NO14/c1-10-17(31)23(42-26-20(34)19(33)18(32)15(9-29)41-26)24(39-11(2)30)27(38-10)40-14-6-5-12-16(22(14)36-4)28-25-13(7-8-37-25)21(12)35-3/h10,12-29,31-34H,5-9H2,1-4H3/p+1. The highest BCUT2D eigenvalue weighted by Gasteiger charge is 2.58. The number of nitrogens with two attached hydrogens (primary N) is 1. The molecular weight excluding hydrogens is 562 g/mol. The molecule has 42 heavy (non-hydrogen) atoms. The van der Waals surface area contributed by atoms with E-state index in [1.807, 2.05) is 0 Å².